The van der Waals surface area contributed by atoms with Gasteiger partial charge >= 0.3 is 11.9 Å². The Hall–Kier alpha value is -1.14. The first kappa shape index (κ1) is 18.2. The predicted octanol–water partition coefficient (Wildman–Crippen LogP) is 2.62. The van der Waals surface area contributed by atoms with Gasteiger partial charge in [0, 0.05) is 0 Å². The van der Waals surface area contributed by atoms with Gasteiger partial charge in [0.2, 0.25) is 0 Å². The lowest BCUT2D eigenvalue weighted by Gasteiger charge is -2.23. The molecule has 6 heteroatoms. The number of hydrogen-bond donors (Lipinski definition) is 0. The van der Waals surface area contributed by atoms with Crippen LogP contribution >= 0.6 is 0 Å². The van der Waals surface area contributed by atoms with Gasteiger partial charge in [-0.1, -0.05) is 0 Å². The molecule has 2 aliphatic heterocycles. The van der Waals surface area contributed by atoms with Crippen molar-refractivity contribution < 1.29 is 28.5 Å². The van der Waals surface area contributed by atoms with Crippen molar-refractivity contribution in [3.8, 4) is 0 Å². The molecule has 0 bridgehead atoms. The van der Waals surface area contributed by atoms with E-state index in [9.17, 15) is 9.59 Å². The van der Waals surface area contributed by atoms with E-state index in [-0.39, 0.29) is 11.2 Å². The average Bonchev–Trinajstić information content (AvgIpc) is 3.49. The van der Waals surface area contributed by atoms with Gasteiger partial charge in [-0.15, -0.1) is 0 Å². The van der Waals surface area contributed by atoms with Crippen molar-refractivity contribution in [1.29, 1.82) is 0 Å². The highest BCUT2D eigenvalue weighted by atomic mass is 16.6. The Bertz CT molecular complexity index is 541. The highest BCUT2D eigenvalue weighted by Crippen LogP contribution is 2.50. The summed E-state index contributed by atoms with van der Waals surface area (Å²) in [5.74, 6) is -1.17. The summed E-state index contributed by atoms with van der Waals surface area (Å²) < 4.78 is 22.1. The Morgan fingerprint density at radius 2 is 1.35 bits per heavy atom. The van der Waals surface area contributed by atoms with Gasteiger partial charge in [0.25, 0.3) is 0 Å². The fourth-order valence-electron chi connectivity index (χ4n) is 4.49. The maximum atomic E-state index is 12.2. The lowest BCUT2D eigenvalue weighted by molar-refractivity contribution is -0.163. The largest absolute Gasteiger partial charge is 0.465 e. The zero-order valence-corrected chi connectivity index (χ0v) is 16.0. The summed E-state index contributed by atoms with van der Waals surface area (Å²) in [6, 6.07) is 0. The highest BCUT2D eigenvalue weighted by molar-refractivity contribution is 5.94. The third-order valence-corrected chi connectivity index (χ3v) is 6.89. The molecule has 4 fully saturated rings. The number of carbonyl (C=O) groups is 2. The predicted molar refractivity (Wildman–Crippen MR) is 92.3 cm³/mol. The standard InChI is InChI=1S/C20H30O6/c1-12(17(21)23-10-13-4-6-19(2)15(8-13)25-19)18(22)24-11-14-5-7-20(3)16(9-14)26-20/h12-16H,4-11H2,1-3H3. The van der Waals surface area contributed by atoms with Crippen molar-refractivity contribution in [3.63, 3.8) is 0 Å². The molecule has 0 spiro atoms. The first-order chi connectivity index (χ1) is 12.3. The van der Waals surface area contributed by atoms with Crippen LogP contribution in [0.25, 0.3) is 0 Å². The molecule has 6 unspecified atom stereocenters. The van der Waals surface area contributed by atoms with Crippen LogP contribution in [0, 0.1) is 17.8 Å². The topological polar surface area (TPSA) is 77.7 Å². The van der Waals surface area contributed by atoms with Crippen LogP contribution in [0.2, 0.25) is 0 Å². The monoisotopic (exact) mass is 366 g/mol. The summed E-state index contributed by atoms with van der Waals surface area (Å²) in [7, 11) is 0. The molecule has 0 aromatic heterocycles. The molecule has 26 heavy (non-hydrogen) atoms. The lowest BCUT2D eigenvalue weighted by Crippen LogP contribution is -2.31. The van der Waals surface area contributed by atoms with Gasteiger partial charge in [-0.2, -0.15) is 0 Å². The molecule has 0 aromatic rings. The van der Waals surface area contributed by atoms with Gasteiger partial charge in [-0.05, 0) is 71.1 Å². The molecular weight excluding hydrogens is 336 g/mol. The summed E-state index contributed by atoms with van der Waals surface area (Å²) in [6.07, 6.45) is 6.54. The van der Waals surface area contributed by atoms with E-state index in [1.165, 1.54) is 0 Å². The number of fused-ring (bicyclic) bond motifs is 2. The zero-order valence-electron chi connectivity index (χ0n) is 16.0. The molecule has 2 aliphatic carbocycles. The molecule has 0 radical (unpaired) electrons. The van der Waals surface area contributed by atoms with E-state index in [0.717, 1.165) is 38.5 Å². The number of rotatable bonds is 6. The fraction of sp³-hybridized carbons (Fsp3) is 0.900. The second-order valence-electron chi connectivity index (χ2n) is 9.10. The molecule has 4 rings (SSSR count). The van der Waals surface area contributed by atoms with Crippen molar-refractivity contribution in [1.82, 2.24) is 0 Å². The van der Waals surface area contributed by atoms with Crippen LogP contribution in [-0.2, 0) is 28.5 Å². The number of hydrogen-bond acceptors (Lipinski definition) is 6. The normalized spacial score (nSPS) is 44.3. The minimum Gasteiger partial charge on any atom is -0.465 e. The molecular formula is C20H30O6. The molecule has 2 saturated heterocycles. The quantitative estimate of drug-likeness (QED) is 0.408. The van der Waals surface area contributed by atoms with Gasteiger partial charge in [0.05, 0.1) is 36.6 Å². The Labute approximate surface area is 154 Å². The van der Waals surface area contributed by atoms with Gasteiger partial charge in [0.1, 0.15) is 0 Å². The second kappa shape index (κ2) is 6.48. The molecule has 6 atom stereocenters. The Kier molecular flexibility index (Phi) is 4.55. The molecule has 2 saturated carbocycles. The minimum absolute atomic E-state index is 0.0691. The molecule has 0 N–H and O–H groups in total. The summed E-state index contributed by atoms with van der Waals surface area (Å²) in [6.45, 7) is 6.58. The van der Waals surface area contributed by atoms with Gasteiger partial charge in [-0.25, -0.2) is 0 Å². The molecule has 6 nitrogen and oxygen atoms in total. The summed E-state index contributed by atoms with van der Waals surface area (Å²) in [5.41, 5.74) is 0.138. The van der Waals surface area contributed by atoms with Crippen LogP contribution in [0.1, 0.15) is 59.3 Å². The van der Waals surface area contributed by atoms with E-state index in [2.05, 4.69) is 13.8 Å². The number of ether oxygens (including phenoxy) is 4. The molecule has 4 aliphatic rings. The first-order valence-electron chi connectivity index (χ1n) is 9.98. The summed E-state index contributed by atoms with van der Waals surface area (Å²) >= 11 is 0. The third kappa shape index (κ3) is 3.63. The SMILES string of the molecule is CC(C(=O)OCC1CCC2(C)OC2C1)C(=O)OCC1CCC2(C)OC2C1. The van der Waals surface area contributed by atoms with Crippen LogP contribution in [0.5, 0.6) is 0 Å². The van der Waals surface area contributed by atoms with Crippen molar-refractivity contribution in [2.45, 2.75) is 82.7 Å². The van der Waals surface area contributed by atoms with E-state index in [0.29, 0.717) is 37.3 Å². The van der Waals surface area contributed by atoms with Crippen molar-refractivity contribution in [2.75, 3.05) is 13.2 Å². The van der Waals surface area contributed by atoms with E-state index in [1.807, 2.05) is 0 Å². The summed E-state index contributed by atoms with van der Waals surface area (Å²) in [5, 5.41) is 0. The first-order valence-corrected chi connectivity index (χ1v) is 9.98. The fourth-order valence-corrected chi connectivity index (χ4v) is 4.49. The van der Waals surface area contributed by atoms with Crippen molar-refractivity contribution in [3.05, 3.63) is 0 Å². The maximum Gasteiger partial charge on any atom is 0.320 e. The lowest BCUT2D eigenvalue weighted by atomic mass is 9.83. The Balaban J connectivity index is 1.14. The summed E-state index contributed by atoms with van der Waals surface area (Å²) in [4.78, 5) is 24.3. The van der Waals surface area contributed by atoms with Crippen LogP contribution in [0.3, 0.4) is 0 Å². The van der Waals surface area contributed by atoms with E-state index < -0.39 is 17.9 Å². The zero-order chi connectivity index (χ0) is 18.5. The van der Waals surface area contributed by atoms with Crippen LogP contribution in [-0.4, -0.2) is 48.6 Å². The van der Waals surface area contributed by atoms with Crippen LogP contribution in [0.4, 0.5) is 0 Å². The van der Waals surface area contributed by atoms with E-state index in [1.54, 1.807) is 6.92 Å². The minimum atomic E-state index is -0.868. The average molecular weight is 366 g/mol. The third-order valence-electron chi connectivity index (χ3n) is 6.89. The number of epoxide rings is 2. The van der Waals surface area contributed by atoms with E-state index >= 15 is 0 Å². The van der Waals surface area contributed by atoms with Crippen LogP contribution in [0.15, 0.2) is 0 Å². The number of carbonyl (C=O) groups excluding carboxylic acids is 2. The second-order valence-corrected chi connectivity index (χ2v) is 9.10. The number of esters is 2. The van der Waals surface area contributed by atoms with Gasteiger partial charge in [0.15, 0.2) is 5.92 Å². The smallest absolute Gasteiger partial charge is 0.320 e. The Morgan fingerprint density at radius 1 is 0.923 bits per heavy atom. The van der Waals surface area contributed by atoms with Gasteiger partial charge in [-0.3, -0.25) is 9.59 Å². The molecule has 2 heterocycles. The molecule has 0 amide bonds. The highest BCUT2D eigenvalue weighted by Gasteiger charge is 2.56. The maximum absolute atomic E-state index is 12.2. The van der Waals surface area contributed by atoms with E-state index in [4.69, 9.17) is 18.9 Å². The van der Waals surface area contributed by atoms with Crippen LogP contribution < -0.4 is 0 Å². The van der Waals surface area contributed by atoms with Gasteiger partial charge < -0.3 is 18.9 Å². The molecule has 146 valence electrons. The molecule has 0 aromatic carbocycles. The van der Waals surface area contributed by atoms with Crippen molar-refractivity contribution in [2.24, 2.45) is 17.8 Å². The Morgan fingerprint density at radius 3 is 1.73 bits per heavy atom. The van der Waals surface area contributed by atoms with Crippen molar-refractivity contribution >= 4 is 11.9 Å².